The van der Waals surface area contributed by atoms with Crippen molar-refractivity contribution in [2.75, 3.05) is 12.3 Å². The molecule has 1 aliphatic heterocycles. The normalized spacial score (nSPS) is 13.5. The Kier molecular flexibility index (Phi) is 2.00. The lowest BCUT2D eigenvalue weighted by Gasteiger charge is -2.08. The minimum atomic E-state index is -1.13. The maximum absolute atomic E-state index is 10.8. The predicted molar refractivity (Wildman–Crippen MR) is 52.0 cm³/mol. The highest BCUT2D eigenvalue weighted by molar-refractivity contribution is 6.34. The van der Waals surface area contributed by atoms with Gasteiger partial charge in [-0.2, -0.15) is 0 Å². The zero-order valence-corrected chi connectivity index (χ0v) is 7.97. The first-order valence-corrected chi connectivity index (χ1v) is 4.46. The predicted octanol–water partition coefficient (Wildman–Crippen LogP) is 1.56. The summed E-state index contributed by atoms with van der Waals surface area (Å²) in [4.78, 5) is 10.8. The van der Waals surface area contributed by atoms with Crippen LogP contribution in [0.3, 0.4) is 0 Å². The summed E-state index contributed by atoms with van der Waals surface area (Å²) in [6, 6.07) is 1.60. The number of carboxylic acids is 1. The van der Waals surface area contributed by atoms with Gasteiger partial charge in [-0.05, 0) is 6.07 Å². The highest BCUT2D eigenvalue weighted by Crippen LogP contribution is 2.38. The van der Waals surface area contributed by atoms with Crippen LogP contribution in [-0.4, -0.2) is 17.7 Å². The molecule has 2 rings (SSSR count). The van der Waals surface area contributed by atoms with E-state index >= 15 is 0 Å². The Morgan fingerprint density at radius 1 is 1.64 bits per heavy atom. The number of anilines is 1. The Bertz CT molecular complexity index is 417. The Labute approximate surface area is 85.2 Å². The molecule has 4 nitrogen and oxygen atoms in total. The van der Waals surface area contributed by atoms with Gasteiger partial charge in [0.15, 0.2) is 0 Å². The maximum Gasteiger partial charge on any atom is 0.339 e. The van der Waals surface area contributed by atoms with E-state index in [4.69, 9.17) is 27.2 Å². The van der Waals surface area contributed by atoms with E-state index in [0.29, 0.717) is 12.4 Å². The first kappa shape index (κ1) is 9.15. The summed E-state index contributed by atoms with van der Waals surface area (Å²) < 4.78 is 5.23. The number of fused-ring (bicyclic) bond motifs is 1. The van der Waals surface area contributed by atoms with Crippen LogP contribution in [0.1, 0.15) is 15.9 Å². The van der Waals surface area contributed by atoms with E-state index in [1.165, 1.54) is 0 Å². The summed E-state index contributed by atoms with van der Waals surface area (Å²) in [6.45, 7) is 0.527. The van der Waals surface area contributed by atoms with E-state index in [1.54, 1.807) is 6.07 Å². The number of carboxylic acid groups (broad SMARTS) is 1. The van der Waals surface area contributed by atoms with E-state index in [9.17, 15) is 4.79 Å². The molecule has 0 unspecified atom stereocenters. The Hall–Kier alpha value is -1.42. The molecule has 1 heterocycles. The van der Waals surface area contributed by atoms with Gasteiger partial charge in [-0.25, -0.2) is 4.79 Å². The third-order valence-electron chi connectivity index (χ3n) is 2.18. The molecule has 74 valence electrons. The molecule has 0 aromatic heterocycles. The summed E-state index contributed by atoms with van der Waals surface area (Å²) in [5.74, 6) is -0.669. The molecule has 0 spiro atoms. The Morgan fingerprint density at radius 2 is 2.36 bits per heavy atom. The summed E-state index contributed by atoms with van der Waals surface area (Å²) >= 11 is 5.79. The SMILES string of the molecule is Nc1c2c(cc(Cl)c1C(=O)O)CCO2. The van der Waals surface area contributed by atoms with Crippen molar-refractivity contribution in [3.05, 3.63) is 22.2 Å². The lowest BCUT2D eigenvalue weighted by molar-refractivity contribution is 0.0698. The fraction of sp³-hybridized carbons (Fsp3) is 0.222. The summed E-state index contributed by atoms with van der Waals surface area (Å²) in [7, 11) is 0. The summed E-state index contributed by atoms with van der Waals surface area (Å²) in [5.41, 5.74) is 6.56. The van der Waals surface area contributed by atoms with Crippen LogP contribution in [0.2, 0.25) is 5.02 Å². The smallest absolute Gasteiger partial charge is 0.339 e. The topological polar surface area (TPSA) is 72.6 Å². The third-order valence-corrected chi connectivity index (χ3v) is 2.48. The van der Waals surface area contributed by atoms with Gasteiger partial charge in [-0.15, -0.1) is 0 Å². The molecule has 1 aromatic carbocycles. The zero-order chi connectivity index (χ0) is 10.3. The van der Waals surface area contributed by atoms with Gasteiger partial charge in [0.1, 0.15) is 11.3 Å². The van der Waals surface area contributed by atoms with Crippen LogP contribution in [0.5, 0.6) is 5.75 Å². The number of nitrogens with two attached hydrogens (primary N) is 1. The van der Waals surface area contributed by atoms with Crippen molar-refractivity contribution in [3.63, 3.8) is 0 Å². The van der Waals surface area contributed by atoms with Crippen molar-refractivity contribution in [3.8, 4) is 5.75 Å². The van der Waals surface area contributed by atoms with Gasteiger partial charge < -0.3 is 15.6 Å². The molecule has 0 amide bonds. The number of hydrogen-bond donors (Lipinski definition) is 2. The highest BCUT2D eigenvalue weighted by atomic mass is 35.5. The van der Waals surface area contributed by atoms with Gasteiger partial charge in [-0.1, -0.05) is 11.6 Å². The van der Waals surface area contributed by atoms with Crippen molar-refractivity contribution >= 4 is 23.3 Å². The van der Waals surface area contributed by atoms with E-state index in [-0.39, 0.29) is 16.3 Å². The van der Waals surface area contributed by atoms with Gasteiger partial charge >= 0.3 is 5.97 Å². The molecular formula is C9H8ClNO3. The number of halogens is 1. The Morgan fingerprint density at radius 3 is 3.00 bits per heavy atom. The number of nitrogen functional groups attached to an aromatic ring is 1. The highest BCUT2D eigenvalue weighted by Gasteiger charge is 2.23. The average Bonchev–Trinajstić information content (AvgIpc) is 2.50. The quantitative estimate of drug-likeness (QED) is 0.695. The van der Waals surface area contributed by atoms with Crippen molar-refractivity contribution in [1.29, 1.82) is 0 Å². The molecule has 3 N–H and O–H groups in total. The summed E-state index contributed by atoms with van der Waals surface area (Å²) in [5, 5.41) is 9.02. The standard InChI is InChI=1S/C9H8ClNO3/c10-5-3-4-1-2-14-8(4)7(11)6(5)9(12)13/h3H,1-2,11H2,(H,12,13). The fourth-order valence-electron chi connectivity index (χ4n) is 1.54. The van der Waals surface area contributed by atoms with Crippen molar-refractivity contribution < 1.29 is 14.6 Å². The number of hydrogen-bond acceptors (Lipinski definition) is 3. The second kappa shape index (κ2) is 3.06. The lowest BCUT2D eigenvalue weighted by Crippen LogP contribution is -2.05. The molecule has 14 heavy (non-hydrogen) atoms. The van der Waals surface area contributed by atoms with Gasteiger partial charge in [0.05, 0.1) is 17.3 Å². The molecular weight excluding hydrogens is 206 g/mol. The van der Waals surface area contributed by atoms with E-state index < -0.39 is 5.97 Å². The maximum atomic E-state index is 10.8. The number of rotatable bonds is 1. The second-order valence-corrected chi connectivity index (χ2v) is 3.45. The number of benzene rings is 1. The summed E-state index contributed by atoms with van der Waals surface area (Å²) in [6.07, 6.45) is 0.721. The third kappa shape index (κ3) is 1.19. The molecule has 0 saturated carbocycles. The molecule has 1 aromatic rings. The monoisotopic (exact) mass is 213 g/mol. The number of aromatic carboxylic acids is 1. The van der Waals surface area contributed by atoms with Gasteiger partial charge in [0.25, 0.3) is 0 Å². The molecule has 1 aliphatic rings. The van der Waals surface area contributed by atoms with E-state index in [0.717, 1.165) is 12.0 Å². The molecule has 0 saturated heterocycles. The van der Waals surface area contributed by atoms with Gasteiger partial charge in [0.2, 0.25) is 0 Å². The largest absolute Gasteiger partial charge is 0.491 e. The van der Waals surface area contributed by atoms with Crippen molar-refractivity contribution in [2.45, 2.75) is 6.42 Å². The molecule has 0 bridgehead atoms. The minimum Gasteiger partial charge on any atom is -0.491 e. The van der Waals surface area contributed by atoms with Crippen LogP contribution in [0.25, 0.3) is 0 Å². The zero-order valence-electron chi connectivity index (χ0n) is 7.21. The van der Waals surface area contributed by atoms with Crippen LogP contribution in [0, 0.1) is 0 Å². The van der Waals surface area contributed by atoms with Crippen molar-refractivity contribution in [2.24, 2.45) is 0 Å². The first-order chi connectivity index (χ1) is 6.61. The lowest BCUT2D eigenvalue weighted by atomic mass is 10.1. The molecule has 0 fully saturated rings. The van der Waals surface area contributed by atoms with Crippen molar-refractivity contribution in [1.82, 2.24) is 0 Å². The van der Waals surface area contributed by atoms with Crippen LogP contribution in [0.4, 0.5) is 5.69 Å². The van der Waals surface area contributed by atoms with Crippen LogP contribution in [0.15, 0.2) is 6.07 Å². The Balaban J connectivity index is 2.68. The van der Waals surface area contributed by atoms with Crippen LogP contribution >= 0.6 is 11.6 Å². The van der Waals surface area contributed by atoms with Crippen LogP contribution in [-0.2, 0) is 6.42 Å². The average molecular weight is 214 g/mol. The van der Waals surface area contributed by atoms with E-state index in [2.05, 4.69) is 0 Å². The van der Waals surface area contributed by atoms with Crippen LogP contribution < -0.4 is 10.5 Å². The minimum absolute atomic E-state index is 0.0766. The fourth-order valence-corrected chi connectivity index (χ4v) is 1.86. The first-order valence-electron chi connectivity index (χ1n) is 4.08. The molecule has 0 aliphatic carbocycles. The number of ether oxygens (including phenoxy) is 1. The number of carbonyl (C=O) groups is 1. The molecule has 0 atom stereocenters. The second-order valence-electron chi connectivity index (χ2n) is 3.04. The molecule has 5 heteroatoms. The van der Waals surface area contributed by atoms with E-state index in [1.807, 2.05) is 0 Å². The molecule has 0 radical (unpaired) electrons. The van der Waals surface area contributed by atoms with Gasteiger partial charge in [-0.3, -0.25) is 0 Å². The van der Waals surface area contributed by atoms with Gasteiger partial charge in [0, 0.05) is 12.0 Å².